The zero-order valence-electron chi connectivity index (χ0n) is 13.9. The normalized spacial score (nSPS) is 14.9. The van der Waals surface area contributed by atoms with Gasteiger partial charge in [0, 0.05) is 17.8 Å². The van der Waals surface area contributed by atoms with Gasteiger partial charge >= 0.3 is 0 Å². The fraction of sp³-hybridized carbons (Fsp3) is 0.350. The SMILES string of the molecule is Cc1cccc(NC(=O)c2ccc(CN3CCCC3)cc2)c1C. The van der Waals surface area contributed by atoms with Crippen molar-refractivity contribution < 1.29 is 4.79 Å². The van der Waals surface area contributed by atoms with Crippen LogP contribution in [0.2, 0.25) is 0 Å². The maximum atomic E-state index is 12.4. The first-order chi connectivity index (χ1) is 11.1. The van der Waals surface area contributed by atoms with E-state index in [-0.39, 0.29) is 5.91 Å². The molecule has 1 aliphatic heterocycles. The Morgan fingerprint density at radius 3 is 2.43 bits per heavy atom. The number of hydrogen-bond acceptors (Lipinski definition) is 2. The summed E-state index contributed by atoms with van der Waals surface area (Å²) in [6.45, 7) is 7.45. The molecule has 0 aliphatic carbocycles. The molecule has 0 unspecified atom stereocenters. The molecule has 1 heterocycles. The topological polar surface area (TPSA) is 32.3 Å². The maximum Gasteiger partial charge on any atom is 0.255 e. The highest BCUT2D eigenvalue weighted by molar-refractivity contribution is 6.04. The van der Waals surface area contributed by atoms with Crippen LogP contribution in [0.25, 0.3) is 0 Å². The van der Waals surface area contributed by atoms with Crippen molar-refractivity contribution in [1.29, 1.82) is 0 Å². The van der Waals surface area contributed by atoms with Crippen molar-refractivity contribution in [3.05, 3.63) is 64.7 Å². The molecule has 1 amide bonds. The Balaban J connectivity index is 1.66. The lowest BCUT2D eigenvalue weighted by atomic mass is 10.1. The predicted octanol–water partition coefficient (Wildman–Crippen LogP) is 4.15. The number of benzene rings is 2. The highest BCUT2D eigenvalue weighted by Gasteiger charge is 2.12. The molecule has 3 nitrogen and oxygen atoms in total. The van der Waals surface area contributed by atoms with Crippen molar-refractivity contribution in [2.45, 2.75) is 33.2 Å². The Morgan fingerprint density at radius 1 is 1.04 bits per heavy atom. The zero-order valence-corrected chi connectivity index (χ0v) is 13.9. The van der Waals surface area contributed by atoms with Crippen LogP contribution >= 0.6 is 0 Å². The first kappa shape index (κ1) is 15.8. The Kier molecular flexibility index (Phi) is 4.77. The molecule has 1 aliphatic rings. The van der Waals surface area contributed by atoms with Gasteiger partial charge in [0.25, 0.3) is 5.91 Å². The van der Waals surface area contributed by atoms with Crippen LogP contribution in [0, 0.1) is 13.8 Å². The largest absolute Gasteiger partial charge is 0.322 e. The highest BCUT2D eigenvalue weighted by Crippen LogP contribution is 2.19. The second kappa shape index (κ2) is 6.97. The summed E-state index contributed by atoms with van der Waals surface area (Å²) >= 11 is 0. The second-order valence-electron chi connectivity index (χ2n) is 6.38. The minimum atomic E-state index is -0.0496. The van der Waals surface area contributed by atoms with Gasteiger partial charge in [-0.25, -0.2) is 0 Å². The lowest BCUT2D eigenvalue weighted by Crippen LogP contribution is -2.18. The molecule has 0 radical (unpaired) electrons. The molecule has 3 heteroatoms. The van der Waals surface area contributed by atoms with E-state index in [1.807, 2.05) is 31.2 Å². The van der Waals surface area contributed by atoms with Crippen molar-refractivity contribution in [2.75, 3.05) is 18.4 Å². The Hall–Kier alpha value is -2.13. The van der Waals surface area contributed by atoms with Crippen LogP contribution in [0.1, 0.15) is 39.9 Å². The van der Waals surface area contributed by atoms with Crippen LogP contribution in [0.4, 0.5) is 5.69 Å². The lowest BCUT2D eigenvalue weighted by Gasteiger charge is -2.15. The molecule has 23 heavy (non-hydrogen) atoms. The van der Waals surface area contributed by atoms with E-state index in [1.54, 1.807) is 0 Å². The molecule has 1 fully saturated rings. The second-order valence-corrected chi connectivity index (χ2v) is 6.38. The summed E-state index contributed by atoms with van der Waals surface area (Å²) in [4.78, 5) is 14.9. The van der Waals surface area contributed by atoms with Gasteiger partial charge in [0.2, 0.25) is 0 Å². The average molecular weight is 308 g/mol. The van der Waals surface area contributed by atoms with Gasteiger partial charge in [0.05, 0.1) is 0 Å². The minimum absolute atomic E-state index is 0.0496. The molecule has 1 N–H and O–H groups in total. The third kappa shape index (κ3) is 3.80. The molecular formula is C20H24N2O. The summed E-state index contributed by atoms with van der Waals surface area (Å²) in [5.41, 5.74) is 5.16. The number of rotatable bonds is 4. The molecule has 0 saturated carbocycles. The molecule has 0 atom stereocenters. The van der Waals surface area contributed by atoms with Crippen molar-refractivity contribution >= 4 is 11.6 Å². The summed E-state index contributed by atoms with van der Waals surface area (Å²) in [6, 6.07) is 13.9. The van der Waals surface area contributed by atoms with E-state index in [0.717, 1.165) is 17.8 Å². The van der Waals surface area contributed by atoms with Crippen molar-refractivity contribution in [3.8, 4) is 0 Å². The molecule has 2 aromatic rings. The number of nitrogens with zero attached hydrogens (tertiary/aromatic N) is 1. The van der Waals surface area contributed by atoms with Gasteiger partial charge in [-0.05, 0) is 74.7 Å². The van der Waals surface area contributed by atoms with E-state index in [1.165, 1.54) is 37.1 Å². The summed E-state index contributed by atoms with van der Waals surface area (Å²) in [7, 11) is 0. The van der Waals surface area contributed by atoms with Gasteiger partial charge in [-0.15, -0.1) is 0 Å². The van der Waals surface area contributed by atoms with E-state index in [2.05, 4.69) is 35.3 Å². The number of anilines is 1. The number of amides is 1. The first-order valence-electron chi connectivity index (χ1n) is 8.32. The Labute approximate surface area is 138 Å². The summed E-state index contributed by atoms with van der Waals surface area (Å²) in [6.07, 6.45) is 2.60. The predicted molar refractivity (Wildman–Crippen MR) is 94.8 cm³/mol. The fourth-order valence-electron chi connectivity index (χ4n) is 3.04. The molecular weight excluding hydrogens is 284 g/mol. The number of carbonyl (C=O) groups is 1. The molecule has 0 spiro atoms. The third-order valence-corrected chi connectivity index (χ3v) is 4.67. The smallest absolute Gasteiger partial charge is 0.255 e. The average Bonchev–Trinajstić information content (AvgIpc) is 3.05. The summed E-state index contributed by atoms with van der Waals surface area (Å²) in [5.74, 6) is -0.0496. The van der Waals surface area contributed by atoms with Crippen LogP contribution < -0.4 is 5.32 Å². The van der Waals surface area contributed by atoms with Gasteiger partial charge in [0.1, 0.15) is 0 Å². The van der Waals surface area contributed by atoms with Crippen LogP contribution in [-0.4, -0.2) is 23.9 Å². The van der Waals surface area contributed by atoms with Crippen LogP contribution in [0.5, 0.6) is 0 Å². The van der Waals surface area contributed by atoms with Gasteiger partial charge in [0.15, 0.2) is 0 Å². The van der Waals surface area contributed by atoms with E-state index in [4.69, 9.17) is 0 Å². The third-order valence-electron chi connectivity index (χ3n) is 4.67. The number of carbonyl (C=O) groups excluding carboxylic acids is 1. The van der Waals surface area contributed by atoms with Crippen molar-refractivity contribution in [3.63, 3.8) is 0 Å². The van der Waals surface area contributed by atoms with E-state index < -0.39 is 0 Å². The van der Waals surface area contributed by atoms with Crippen molar-refractivity contribution in [2.24, 2.45) is 0 Å². The maximum absolute atomic E-state index is 12.4. The first-order valence-corrected chi connectivity index (χ1v) is 8.32. The van der Waals surface area contributed by atoms with Crippen LogP contribution in [0.15, 0.2) is 42.5 Å². The quantitative estimate of drug-likeness (QED) is 0.920. The zero-order chi connectivity index (χ0) is 16.2. The number of hydrogen-bond donors (Lipinski definition) is 1. The Morgan fingerprint density at radius 2 is 1.74 bits per heavy atom. The monoisotopic (exact) mass is 308 g/mol. The molecule has 0 bridgehead atoms. The van der Waals surface area contributed by atoms with E-state index in [0.29, 0.717) is 5.56 Å². The minimum Gasteiger partial charge on any atom is -0.322 e. The molecule has 2 aromatic carbocycles. The molecule has 120 valence electrons. The van der Waals surface area contributed by atoms with Gasteiger partial charge < -0.3 is 5.32 Å². The standard InChI is InChI=1S/C20H24N2O/c1-15-6-5-7-19(16(15)2)21-20(23)18-10-8-17(9-11-18)14-22-12-3-4-13-22/h5-11H,3-4,12-14H2,1-2H3,(H,21,23). The van der Waals surface area contributed by atoms with Gasteiger partial charge in [-0.3, -0.25) is 9.69 Å². The van der Waals surface area contributed by atoms with Gasteiger partial charge in [-0.2, -0.15) is 0 Å². The number of likely N-dealkylation sites (tertiary alicyclic amines) is 1. The molecule has 0 aromatic heterocycles. The Bertz CT molecular complexity index is 685. The highest BCUT2D eigenvalue weighted by atomic mass is 16.1. The fourth-order valence-corrected chi connectivity index (χ4v) is 3.04. The van der Waals surface area contributed by atoms with Crippen molar-refractivity contribution in [1.82, 2.24) is 4.90 Å². The van der Waals surface area contributed by atoms with Gasteiger partial charge in [-0.1, -0.05) is 24.3 Å². The number of aryl methyl sites for hydroxylation is 1. The summed E-state index contributed by atoms with van der Waals surface area (Å²) < 4.78 is 0. The molecule has 1 saturated heterocycles. The number of nitrogens with one attached hydrogen (secondary N) is 1. The lowest BCUT2D eigenvalue weighted by molar-refractivity contribution is 0.102. The summed E-state index contributed by atoms with van der Waals surface area (Å²) in [5, 5.41) is 3.01. The van der Waals surface area contributed by atoms with Crippen LogP contribution in [0.3, 0.4) is 0 Å². The van der Waals surface area contributed by atoms with E-state index in [9.17, 15) is 4.79 Å². The van der Waals surface area contributed by atoms with E-state index >= 15 is 0 Å². The van der Waals surface area contributed by atoms with Crippen LogP contribution in [-0.2, 0) is 6.54 Å². The molecule has 3 rings (SSSR count).